The molecular formula is C36H51N7O6. The van der Waals surface area contributed by atoms with Crippen LogP contribution in [0.15, 0.2) is 30.3 Å². The van der Waals surface area contributed by atoms with Crippen molar-refractivity contribution in [1.82, 2.24) is 19.8 Å². The van der Waals surface area contributed by atoms with E-state index in [0.717, 1.165) is 0 Å². The lowest BCUT2D eigenvalue weighted by Gasteiger charge is -2.37. The van der Waals surface area contributed by atoms with Crippen LogP contribution in [0.5, 0.6) is 0 Å². The van der Waals surface area contributed by atoms with Crippen molar-refractivity contribution in [3.8, 4) is 0 Å². The van der Waals surface area contributed by atoms with Crippen LogP contribution < -0.4 is 14.7 Å². The summed E-state index contributed by atoms with van der Waals surface area (Å²) < 4.78 is 11.5. The molecular weight excluding hydrogens is 626 g/mol. The molecule has 2 unspecified atom stereocenters. The van der Waals surface area contributed by atoms with E-state index in [4.69, 9.17) is 19.4 Å². The number of ether oxygens (including phenoxy) is 2. The molecule has 4 heterocycles. The summed E-state index contributed by atoms with van der Waals surface area (Å²) in [6, 6.07) is 9.17. The number of amides is 2. The molecule has 2 amide bonds. The van der Waals surface area contributed by atoms with E-state index in [1.54, 1.807) is 21.9 Å². The fourth-order valence-electron chi connectivity index (χ4n) is 6.98. The number of aromatic nitrogens is 2. The molecule has 3 aliphatic rings. The van der Waals surface area contributed by atoms with E-state index in [1.165, 1.54) is 0 Å². The molecule has 0 spiro atoms. The summed E-state index contributed by atoms with van der Waals surface area (Å²) in [6.07, 6.45) is -0.578. The second-order valence-corrected chi connectivity index (χ2v) is 13.2. The highest BCUT2D eigenvalue weighted by molar-refractivity contribution is 6.16. The van der Waals surface area contributed by atoms with Crippen LogP contribution in [0.2, 0.25) is 0 Å². The fraction of sp³-hybridized carbons (Fsp3) is 0.611. The van der Waals surface area contributed by atoms with Gasteiger partial charge in [0, 0.05) is 64.5 Å². The normalized spacial score (nSPS) is 20.6. The Labute approximate surface area is 289 Å². The van der Waals surface area contributed by atoms with Crippen molar-refractivity contribution in [2.45, 2.75) is 66.0 Å². The number of Topliss-reactive ketones (excluding diaryl/α,β-unsaturated/α-hetero) is 1. The molecule has 3 saturated heterocycles. The van der Waals surface area contributed by atoms with Crippen molar-refractivity contribution in [3.05, 3.63) is 41.5 Å². The van der Waals surface area contributed by atoms with Crippen molar-refractivity contribution in [2.75, 3.05) is 86.8 Å². The Morgan fingerprint density at radius 3 is 2.18 bits per heavy atom. The third-order valence-corrected chi connectivity index (χ3v) is 9.78. The van der Waals surface area contributed by atoms with E-state index in [9.17, 15) is 19.2 Å². The number of benzene rings is 1. The van der Waals surface area contributed by atoms with Gasteiger partial charge in [0.25, 0.3) is 5.91 Å². The Morgan fingerprint density at radius 1 is 0.918 bits per heavy atom. The Hall–Kier alpha value is -4.26. The number of piperazine rings is 1. The van der Waals surface area contributed by atoms with Crippen molar-refractivity contribution in [2.24, 2.45) is 5.92 Å². The lowest BCUT2D eigenvalue weighted by atomic mass is 9.93. The van der Waals surface area contributed by atoms with E-state index in [2.05, 4.69) is 28.5 Å². The molecule has 0 radical (unpaired) electrons. The summed E-state index contributed by atoms with van der Waals surface area (Å²) in [5.41, 5.74) is -0.178. The minimum atomic E-state index is -1.18. The summed E-state index contributed by atoms with van der Waals surface area (Å²) in [7, 11) is 0. The first-order valence-corrected chi connectivity index (χ1v) is 17.8. The summed E-state index contributed by atoms with van der Waals surface area (Å²) in [4.78, 5) is 73.6. The first-order valence-electron chi connectivity index (χ1n) is 17.8. The van der Waals surface area contributed by atoms with E-state index in [-0.39, 0.29) is 30.0 Å². The van der Waals surface area contributed by atoms with Crippen LogP contribution in [0.1, 0.15) is 70.3 Å². The smallest absolute Gasteiger partial charge is 0.409 e. The quantitative estimate of drug-likeness (QED) is 0.215. The van der Waals surface area contributed by atoms with Gasteiger partial charge in [-0.1, -0.05) is 44.2 Å². The first kappa shape index (κ1) is 36.0. The standard InChI is InChI=1S/C36H51N7O6/c1-7-39(8-2)31-27(28(44)26-15-12-11-13-16-26)32(38-34(37-31)40(9-3)10-4)41-19-21-42(22-20-41)35(47)49-24-36-17-14-18-43(36)33(46)29(30(36)45)48-23-25(5)6/h11-13,15-16,25,29H,7-10,14,17-24H2,1-6H3. The van der Waals surface area contributed by atoms with E-state index < -0.39 is 17.7 Å². The molecule has 49 heavy (non-hydrogen) atoms. The van der Waals surface area contributed by atoms with Crippen LogP contribution in [-0.4, -0.2) is 127 Å². The van der Waals surface area contributed by atoms with Gasteiger partial charge in [0.2, 0.25) is 11.7 Å². The van der Waals surface area contributed by atoms with Gasteiger partial charge in [0.05, 0.1) is 6.61 Å². The highest BCUT2D eigenvalue weighted by Crippen LogP contribution is 2.39. The number of nitrogens with zero attached hydrogens (tertiary/aromatic N) is 7. The average Bonchev–Trinajstić information content (AvgIpc) is 3.63. The van der Waals surface area contributed by atoms with Gasteiger partial charge in [-0.2, -0.15) is 9.97 Å². The van der Waals surface area contributed by atoms with Gasteiger partial charge in [-0.05, 0) is 46.5 Å². The number of ketones is 2. The van der Waals surface area contributed by atoms with Crippen molar-refractivity contribution in [3.63, 3.8) is 0 Å². The zero-order chi connectivity index (χ0) is 35.3. The lowest BCUT2D eigenvalue weighted by Crippen LogP contribution is -2.53. The van der Waals surface area contributed by atoms with E-state index >= 15 is 0 Å². The number of anilines is 3. The monoisotopic (exact) mass is 677 g/mol. The molecule has 0 aliphatic carbocycles. The van der Waals surface area contributed by atoms with Gasteiger partial charge in [0.15, 0.2) is 11.9 Å². The van der Waals surface area contributed by atoms with Crippen LogP contribution in [0.4, 0.5) is 22.4 Å². The number of hydrogen-bond donors (Lipinski definition) is 0. The highest BCUT2D eigenvalue weighted by atomic mass is 16.6. The zero-order valence-corrected chi connectivity index (χ0v) is 29.8. The van der Waals surface area contributed by atoms with Gasteiger partial charge in [-0.3, -0.25) is 14.4 Å². The van der Waals surface area contributed by atoms with E-state index in [0.29, 0.717) is 107 Å². The maximum Gasteiger partial charge on any atom is 0.409 e. The zero-order valence-electron chi connectivity index (χ0n) is 29.8. The second kappa shape index (κ2) is 15.5. The Bertz CT molecular complexity index is 1500. The number of rotatable bonds is 14. The highest BCUT2D eigenvalue weighted by Gasteiger charge is 2.61. The summed E-state index contributed by atoms with van der Waals surface area (Å²) in [5, 5.41) is 0. The third kappa shape index (κ3) is 7.08. The van der Waals surface area contributed by atoms with Gasteiger partial charge < -0.3 is 34.0 Å². The molecule has 0 N–H and O–H groups in total. The topological polar surface area (TPSA) is 129 Å². The van der Waals surface area contributed by atoms with Crippen LogP contribution in [-0.2, 0) is 19.1 Å². The summed E-state index contributed by atoms with van der Waals surface area (Å²) in [5.74, 6) is 1.05. The molecule has 5 rings (SSSR count). The average molecular weight is 678 g/mol. The minimum Gasteiger partial charge on any atom is -0.446 e. The predicted octanol–water partition coefficient (Wildman–Crippen LogP) is 3.64. The molecule has 13 nitrogen and oxygen atoms in total. The Balaban J connectivity index is 1.36. The maximum absolute atomic E-state index is 14.2. The van der Waals surface area contributed by atoms with Gasteiger partial charge in [0.1, 0.15) is 29.3 Å². The molecule has 0 saturated carbocycles. The van der Waals surface area contributed by atoms with Gasteiger partial charge >= 0.3 is 6.09 Å². The molecule has 2 aromatic rings. The van der Waals surface area contributed by atoms with E-state index in [1.807, 2.05) is 45.9 Å². The molecule has 266 valence electrons. The number of carbonyl (C=O) groups is 4. The SMILES string of the molecule is CCN(CC)c1nc(N(CC)CC)c(C(=O)c2ccccc2)c(N2CCN(C(=O)OCC34CCCN3C(=O)C(OCC(C)C)C4=O)CC2)n1. The fourth-order valence-corrected chi connectivity index (χ4v) is 6.98. The lowest BCUT2D eigenvalue weighted by molar-refractivity contribution is -0.141. The van der Waals surface area contributed by atoms with Crippen LogP contribution in [0, 0.1) is 5.92 Å². The van der Waals surface area contributed by atoms with Crippen molar-refractivity contribution >= 4 is 41.2 Å². The molecule has 3 fully saturated rings. The molecule has 2 atom stereocenters. The predicted molar refractivity (Wildman–Crippen MR) is 187 cm³/mol. The second-order valence-electron chi connectivity index (χ2n) is 13.2. The maximum atomic E-state index is 14.2. The summed E-state index contributed by atoms with van der Waals surface area (Å²) >= 11 is 0. The Kier molecular flexibility index (Phi) is 11.4. The molecule has 3 aliphatic heterocycles. The molecule has 13 heteroatoms. The van der Waals surface area contributed by atoms with Gasteiger partial charge in [-0.25, -0.2) is 4.79 Å². The van der Waals surface area contributed by atoms with Crippen molar-refractivity contribution < 1.29 is 28.7 Å². The third-order valence-electron chi connectivity index (χ3n) is 9.78. The Morgan fingerprint density at radius 2 is 1.57 bits per heavy atom. The first-order chi connectivity index (χ1) is 23.6. The van der Waals surface area contributed by atoms with Crippen LogP contribution >= 0.6 is 0 Å². The number of carbonyl (C=O) groups excluding carboxylic acids is 4. The van der Waals surface area contributed by atoms with Crippen LogP contribution in [0.3, 0.4) is 0 Å². The van der Waals surface area contributed by atoms with Crippen molar-refractivity contribution in [1.29, 1.82) is 0 Å². The minimum absolute atomic E-state index is 0.155. The molecule has 1 aromatic carbocycles. The van der Waals surface area contributed by atoms with Gasteiger partial charge in [-0.15, -0.1) is 0 Å². The number of hydrogen-bond acceptors (Lipinski definition) is 11. The number of fused-ring (bicyclic) bond motifs is 1. The largest absolute Gasteiger partial charge is 0.446 e. The summed E-state index contributed by atoms with van der Waals surface area (Å²) in [6.45, 7) is 16.9. The molecule has 1 aromatic heterocycles. The molecule has 0 bridgehead atoms. The van der Waals surface area contributed by atoms with Crippen LogP contribution in [0.25, 0.3) is 0 Å².